The van der Waals surface area contributed by atoms with Gasteiger partial charge in [0, 0.05) is 21.2 Å². The number of aryl methyl sites for hydroxylation is 1. The Morgan fingerprint density at radius 2 is 1.84 bits per heavy atom. The molecule has 0 saturated carbocycles. The number of carbonyl (C=O) groups excluding carboxylic acids is 2. The van der Waals surface area contributed by atoms with Crippen LogP contribution in [0.4, 0.5) is 0 Å². The summed E-state index contributed by atoms with van der Waals surface area (Å²) in [6.07, 6.45) is 1.64. The lowest BCUT2D eigenvalue weighted by Gasteiger charge is -2.07. The fraction of sp³-hybridized carbons (Fsp3) is 0.125. The summed E-state index contributed by atoms with van der Waals surface area (Å²) in [5.74, 6) is -0.141. The monoisotopic (exact) mass is 316 g/mol. The second-order valence-electron chi connectivity index (χ2n) is 4.20. The molecule has 0 aliphatic carbocycles. The van der Waals surface area contributed by atoms with Gasteiger partial charge in [0.05, 0.1) is 0 Å². The summed E-state index contributed by atoms with van der Waals surface area (Å²) in [7, 11) is 0. The average Bonchev–Trinajstić information content (AvgIpc) is 2.46. The van der Waals surface area contributed by atoms with Gasteiger partial charge in [-0.1, -0.05) is 59.3 Å². The smallest absolute Gasteiger partial charge is 0.194 e. The van der Waals surface area contributed by atoms with Gasteiger partial charge in [-0.2, -0.15) is 0 Å². The van der Waals surface area contributed by atoms with Crippen molar-refractivity contribution in [3.8, 4) is 0 Å². The van der Waals surface area contributed by atoms with E-state index >= 15 is 0 Å². The number of rotatable bonds is 4. The van der Waals surface area contributed by atoms with E-state index in [2.05, 4.69) is 22.9 Å². The highest BCUT2D eigenvalue weighted by Gasteiger charge is 2.16. The van der Waals surface area contributed by atoms with Gasteiger partial charge in [-0.15, -0.1) is 0 Å². The third-order valence-electron chi connectivity index (χ3n) is 3.02. The lowest BCUT2D eigenvalue weighted by atomic mass is 9.98. The molecule has 0 spiro atoms. The molecule has 2 rings (SSSR count). The fourth-order valence-electron chi connectivity index (χ4n) is 1.91. The van der Waals surface area contributed by atoms with Crippen LogP contribution in [0.5, 0.6) is 0 Å². The molecule has 0 saturated heterocycles. The van der Waals surface area contributed by atoms with Gasteiger partial charge in [0.15, 0.2) is 12.1 Å². The Labute approximate surface area is 120 Å². The summed E-state index contributed by atoms with van der Waals surface area (Å²) >= 11 is 3.33. The highest BCUT2D eigenvalue weighted by molar-refractivity contribution is 9.10. The van der Waals surface area contributed by atoms with Crippen LogP contribution in [0.25, 0.3) is 0 Å². The van der Waals surface area contributed by atoms with Crippen LogP contribution in [-0.2, 0) is 6.42 Å². The van der Waals surface area contributed by atoms with Gasteiger partial charge in [0.25, 0.3) is 0 Å². The zero-order valence-corrected chi connectivity index (χ0v) is 12.1. The van der Waals surface area contributed by atoms with E-state index in [1.165, 1.54) is 5.56 Å². The van der Waals surface area contributed by atoms with Gasteiger partial charge in [-0.3, -0.25) is 9.59 Å². The molecule has 0 aliphatic heterocycles. The van der Waals surface area contributed by atoms with Gasteiger partial charge in [0.2, 0.25) is 0 Å². The normalized spacial score (nSPS) is 10.2. The van der Waals surface area contributed by atoms with Gasteiger partial charge < -0.3 is 0 Å². The van der Waals surface area contributed by atoms with Crippen molar-refractivity contribution in [3.63, 3.8) is 0 Å². The van der Waals surface area contributed by atoms with Crippen LogP contribution in [0.15, 0.2) is 46.9 Å². The first-order chi connectivity index (χ1) is 9.17. The van der Waals surface area contributed by atoms with Gasteiger partial charge in [-0.25, -0.2) is 0 Å². The standard InChI is InChI=1S/C16H13BrO2/c1-2-11-6-8-12(9-7-11)16(19)15-13(10-18)4-3-5-14(15)17/h3-10H,2H2,1H3. The van der Waals surface area contributed by atoms with Gasteiger partial charge >= 0.3 is 0 Å². The zero-order chi connectivity index (χ0) is 13.8. The second-order valence-corrected chi connectivity index (χ2v) is 5.06. The topological polar surface area (TPSA) is 34.1 Å². The highest BCUT2D eigenvalue weighted by atomic mass is 79.9. The van der Waals surface area contributed by atoms with E-state index in [1.807, 2.05) is 12.1 Å². The van der Waals surface area contributed by atoms with Crippen LogP contribution in [-0.4, -0.2) is 12.1 Å². The predicted molar refractivity (Wildman–Crippen MR) is 78.8 cm³/mol. The highest BCUT2D eigenvalue weighted by Crippen LogP contribution is 2.23. The van der Waals surface area contributed by atoms with E-state index in [0.29, 0.717) is 27.4 Å². The number of hydrogen-bond donors (Lipinski definition) is 0. The molecule has 0 heterocycles. The molecule has 0 unspecified atom stereocenters. The molecule has 2 aromatic rings. The Kier molecular flexibility index (Phi) is 4.27. The molecule has 0 bridgehead atoms. The van der Waals surface area contributed by atoms with Crippen molar-refractivity contribution in [1.29, 1.82) is 0 Å². The molecule has 0 N–H and O–H groups in total. The first kappa shape index (κ1) is 13.7. The van der Waals surface area contributed by atoms with Crippen molar-refractivity contribution in [2.24, 2.45) is 0 Å². The van der Waals surface area contributed by atoms with Crippen molar-refractivity contribution in [1.82, 2.24) is 0 Å². The third-order valence-corrected chi connectivity index (χ3v) is 3.69. The molecule has 0 amide bonds. The summed E-state index contributed by atoms with van der Waals surface area (Å²) in [6.45, 7) is 2.06. The molecule has 19 heavy (non-hydrogen) atoms. The number of ketones is 1. The molecular formula is C16H13BrO2. The lowest BCUT2D eigenvalue weighted by Crippen LogP contribution is -2.06. The van der Waals surface area contributed by atoms with Gasteiger partial charge in [-0.05, 0) is 18.1 Å². The first-order valence-electron chi connectivity index (χ1n) is 6.04. The summed E-state index contributed by atoms with van der Waals surface area (Å²) in [4.78, 5) is 23.5. The molecule has 96 valence electrons. The summed E-state index contributed by atoms with van der Waals surface area (Å²) in [6, 6.07) is 12.6. The molecule has 2 aromatic carbocycles. The minimum Gasteiger partial charge on any atom is -0.298 e. The zero-order valence-electron chi connectivity index (χ0n) is 10.5. The maximum atomic E-state index is 12.5. The van der Waals surface area contributed by atoms with Crippen molar-refractivity contribution < 1.29 is 9.59 Å². The average molecular weight is 317 g/mol. The Balaban J connectivity index is 2.46. The molecule has 2 nitrogen and oxygen atoms in total. The maximum Gasteiger partial charge on any atom is 0.194 e. The Morgan fingerprint density at radius 3 is 2.42 bits per heavy atom. The van der Waals surface area contributed by atoms with Crippen molar-refractivity contribution in [3.05, 3.63) is 69.2 Å². The molecule has 3 heteroatoms. The minimum atomic E-state index is -0.141. The van der Waals surface area contributed by atoms with Crippen LogP contribution in [0.1, 0.15) is 38.8 Å². The summed E-state index contributed by atoms with van der Waals surface area (Å²) in [5, 5.41) is 0. The van der Waals surface area contributed by atoms with E-state index in [1.54, 1.807) is 30.3 Å². The Morgan fingerprint density at radius 1 is 1.16 bits per heavy atom. The van der Waals surface area contributed by atoms with Crippen LogP contribution in [0.3, 0.4) is 0 Å². The largest absolute Gasteiger partial charge is 0.298 e. The van der Waals surface area contributed by atoms with Crippen LogP contribution < -0.4 is 0 Å². The quantitative estimate of drug-likeness (QED) is 0.629. The number of aldehydes is 1. The molecule has 0 radical (unpaired) electrons. The molecule has 0 fully saturated rings. The van der Waals surface area contributed by atoms with Crippen LogP contribution in [0, 0.1) is 0 Å². The molecule has 0 aliphatic rings. The van der Waals surface area contributed by atoms with Crippen molar-refractivity contribution >= 4 is 28.0 Å². The first-order valence-corrected chi connectivity index (χ1v) is 6.84. The third kappa shape index (κ3) is 2.82. The second kappa shape index (κ2) is 5.93. The van der Waals surface area contributed by atoms with E-state index in [-0.39, 0.29) is 5.78 Å². The van der Waals surface area contributed by atoms with Crippen molar-refractivity contribution in [2.75, 3.05) is 0 Å². The predicted octanol–water partition coefficient (Wildman–Crippen LogP) is 4.06. The van der Waals surface area contributed by atoms with Crippen LogP contribution in [0.2, 0.25) is 0 Å². The minimum absolute atomic E-state index is 0.141. The molecule has 0 atom stereocenters. The fourth-order valence-corrected chi connectivity index (χ4v) is 2.48. The molecular weight excluding hydrogens is 304 g/mol. The number of halogens is 1. The van der Waals surface area contributed by atoms with Crippen LogP contribution >= 0.6 is 15.9 Å². The van der Waals surface area contributed by atoms with E-state index < -0.39 is 0 Å². The summed E-state index contributed by atoms with van der Waals surface area (Å²) < 4.78 is 0.640. The van der Waals surface area contributed by atoms with Gasteiger partial charge in [0.1, 0.15) is 0 Å². The summed E-state index contributed by atoms with van der Waals surface area (Å²) in [5.41, 5.74) is 2.59. The number of benzene rings is 2. The van der Waals surface area contributed by atoms with E-state index in [4.69, 9.17) is 0 Å². The number of carbonyl (C=O) groups is 2. The Hall–Kier alpha value is -1.74. The van der Waals surface area contributed by atoms with E-state index in [0.717, 1.165) is 6.42 Å². The maximum absolute atomic E-state index is 12.5. The Bertz CT molecular complexity index is 615. The number of hydrogen-bond acceptors (Lipinski definition) is 2. The molecule has 0 aromatic heterocycles. The SMILES string of the molecule is CCc1ccc(C(=O)c2c(Br)cccc2C=O)cc1. The van der Waals surface area contributed by atoms with Crippen molar-refractivity contribution in [2.45, 2.75) is 13.3 Å². The van der Waals surface area contributed by atoms with E-state index in [9.17, 15) is 9.59 Å². The lowest BCUT2D eigenvalue weighted by molar-refractivity contribution is 0.102.